The summed E-state index contributed by atoms with van der Waals surface area (Å²) in [5.41, 5.74) is 2.23. The van der Waals surface area contributed by atoms with Crippen LogP contribution >= 0.6 is 0 Å². The predicted octanol–water partition coefficient (Wildman–Crippen LogP) is 4.34. The van der Waals surface area contributed by atoms with Crippen molar-refractivity contribution in [2.75, 3.05) is 5.32 Å². The van der Waals surface area contributed by atoms with Crippen molar-refractivity contribution in [3.05, 3.63) is 72.3 Å². The lowest BCUT2D eigenvalue weighted by atomic mass is 10.0. The summed E-state index contributed by atoms with van der Waals surface area (Å²) in [6.07, 6.45) is -0.108. The van der Waals surface area contributed by atoms with Gasteiger partial charge in [-0.2, -0.15) is 0 Å². The molecule has 0 saturated heterocycles. The lowest BCUT2D eigenvalue weighted by Gasteiger charge is -2.14. The zero-order valence-corrected chi connectivity index (χ0v) is 10.3. The topological polar surface area (TPSA) is 21.3 Å². The molecule has 19 heavy (non-hydrogen) atoms. The van der Waals surface area contributed by atoms with Crippen molar-refractivity contribution >= 4 is 16.5 Å². The first-order valence-electron chi connectivity index (χ1n) is 6.42. The Morgan fingerprint density at radius 1 is 0.789 bits per heavy atom. The summed E-state index contributed by atoms with van der Waals surface area (Å²) in [6.45, 7) is 0. The van der Waals surface area contributed by atoms with Crippen LogP contribution in [-0.2, 0) is 0 Å². The Morgan fingerprint density at radius 3 is 2.53 bits per heavy atom. The molecule has 0 radical (unpaired) electrons. The fraction of sp³-hybridized carbons (Fsp3) is 0.0588. The number of hydrogen-bond acceptors (Lipinski definition) is 2. The smallest absolute Gasteiger partial charge is 0.197 e. The summed E-state index contributed by atoms with van der Waals surface area (Å²) in [5, 5.41) is 5.89. The molecule has 0 amide bonds. The molecule has 4 rings (SSSR count). The molecule has 3 aromatic rings. The largest absolute Gasteiger partial charge is 0.464 e. The van der Waals surface area contributed by atoms with Crippen molar-refractivity contribution in [2.24, 2.45) is 0 Å². The third kappa shape index (κ3) is 1.65. The number of nitrogens with one attached hydrogen (secondary N) is 1. The Balaban J connectivity index is 1.81. The van der Waals surface area contributed by atoms with E-state index in [1.54, 1.807) is 0 Å². The van der Waals surface area contributed by atoms with E-state index in [-0.39, 0.29) is 6.23 Å². The first kappa shape index (κ1) is 10.4. The van der Waals surface area contributed by atoms with Crippen LogP contribution in [0.5, 0.6) is 5.75 Å². The van der Waals surface area contributed by atoms with Crippen LogP contribution in [-0.4, -0.2) is 0 Å². The molecule has 2 heteroatoms. The molecule has 0 aromatic heterocycles. The van der Waals surface area contributed by atoms with E-state index in [1.165, 1.54) is 16.3 Å². The van der Waals surface area contributed by atoms with Crippen molar-refractivity contribution in [2.45, 2.75) is 6.23 Å². The molecule has 1 aliphatic rings. The van der Waals surface area contributed by atoms with Gasteiger partial charge < -0.3 is 10.1 Å². The fourth-order valence-corrected chi connectivity index (χ4v) is 2.61. The third-order valence-electron chi connectivity index (χ3n) is 3.52. The van der Waals surface area contributed by atoms with E-state index in [0.717, 1.165) is 11.4 Å². The molecule has 1 atom stereocenters. The average Bonchev–Trinajstić information content (AvgIpc) is 2.90. The summed E-state index contributed by atoms with van der Waals surface area (Å²) in [6, 6.07) is 22.7. The van der Waals surface area contributed by atoms with Crippen molar-refractivity contribution < 1.29 is 4.74 Å². The molecular weight excluding hydrogens is 234 g/mol. The maximum absolute atomic E-state index is 5.99. The van der Waals surface area contributed by atoms with Crippen LogP contribution in [0.1, 0.15) is 11.8 Å². The van der Waals surface area contributed by atoms with Gasteiger partial charge in [-0.1, -0.05) is 54.6 Å². The number of para-hydroxylation sites is 2. The first-order chi connectivity index (χ1) is 9.42. The van der Waals surface area contributed by atoms with E-state index in [9.17, 15) is 0 Å². The molecule has 92 valence electrons. The van der Waals surface area contributed by atoms with E-state index in [2.05, 4.69) is 47.8 Å². The minimum atomic E-state index is -0.108. The van der Waals surface area contributed by atoms with Crippen molar-refractivity contribution in [1.29, 1.82) is 0 Å². The van der Waals surface area contributed by atoms with Crippen LogP contribution in [0, 0.1) is 0 Å². The van der Waals surface area contributed by atoms with Gasteiger partial charge in [0.25, 0.3) is 0 Å². The van der Waals surface area contributed by atoms with E-state index < -0.39 is 0 Å². The summed E-state index contributed by atoms with van der Waals surface area (Å²) in [7, 11) is 0. The summed E-state index contributed by atoms with van der Waals surface area (Å²) < 4.78 is 5.99. The van der Waals surface area contributed by atoms with Gasteiger partial charge in [0.2, 0.25) is 0 Å². The highest BCUT2D eigenvalue weighted by Crippen LogP contribution is 2.39. The highest BCUT2D eigenvalue weighted by molar-refractivity contribution is 5.86. The molecular formula is C17H13NO. The number of hydrogen-bond donors (Lipinski definition) is 1. The average molecular weight is 247 g/mol. The SMILES string of the molecule is c1ccc2c(c1)N[C@H](c1cccc3ccccc13)O2. The lowest BCUT2D eigenvalue weighted by molar-refractivity contribution is 0.261. The Kier molecular flexibility index (Phi) is 2.21. The zero-order valence-electron chi connectivity index (χ0n) is 10.3. The van der Waals surface area contributed by atoms with Crippen LogP contribution in [0.4, 0.5) is 5.69 Å². The molecule has 1 N–H and O–H groups in total. The standard InChI is InChI=1S/C17H13NO/c1-2-8-13-12(6-1)7-5-9-14(13)17-18-15-10-3-4-11-16(15)19-17/h1-11,17-18H/t17-/m0/s1. The van der Waals surface area contributed by atoms with Gasteiger partial charge in [0.05, 0.1) is 5.69 Å². The molecule has 0 unspecified atom stereocenters. The van der Waals surface area contributed by atoms with Gasteiger partial charge in [-0.3, -0.25) is 0 Å². The Bertz CT molecular complexity index is 721. The molecule has 2 nitrogen and oxygen atoms in total. The van der Waals surface area contributed by atoms with Gasteiger partial charge in [0.1, 0.15) is 5.75 Å². The van der Waals surface area contributed by atoms with Gasteiger partial charge >= 0.3 is 0 Å². The molecule has 0 spiro atoms. The van der Waals surface area contributed by atoms with E-state index in [1.807, 2.05) is 24.3 Å². The van der Waals surface area contributed by atoms with E-state index >= 15 is 0 Å². The predicted molar refractivity (Wildman–Crippen MR) is 77.4 cm³/mol. The third-order valence-corrected chi connectivity index (χ3v) is 3.52. The molecule has 0 saturated carbocycles. The number of fused-ring (bicyclic) bond motifs is 2. The van der Waals surface area contributed by atoms with Gasteiger partial charge in [-0.05, 0) is 22.9 Å². The monoisotopic (exact) mass is 247 g/mol. The van der Waals surface area contributed by atoms with Gasteiger partial charge in [-0.15, -0.1) is 0 Å². The Hall–Kier alpha value is -2.48. The van der Waals surface area contributed by atoms with Crippen LogP contribution in [0.3, 0.4) is 0 Å². The molecule has 0 aliphatic carbocycles. The van der Waals surface area contributed by atoms with Gasteiger partial charge in [-0.25, -0.2) is 0 Å². The normalized spacial score (nSPS) is 16.7. The lowest BCUT2D eigenvalue weighted by Crippen LogP contribution is -2.10. The zero-order chi connectivity index (χ0) is 12.7. The maximum Gasteiger partial charge on any atom is 0.197 e. The second kappa shape index (κ2) is 4.02. The van der Waals surface area contributed by atoms with E-state index in [4.69, 9.17) is 4.74 Å². The molecule has 1 aliphatic heterocycles. The van der Waals surface area contributed by atoms with Crippen molar-refractivity contribution in [1.82, 2.24) is 0 Å². The van der Waals surface area contributed by atoms with Gasteiger partial charge in [0, 0.05) is 5.56 Å². The summed E-state index contributed by atoms with van der Waals surface area (Å²) in [4.78, 5) is 0. The highest BCUT2D eigenvalue weighted by Gasteiger charge is 2.23. The molecule has 1 heterocycles. The van der Waals surface area contributed by atoms with Crippen LogP contribution in [0.2, 0.25) is 0 Å². The van der Waals surface area contributed by atoms with E-state index in [0.29, 0.717) is 0 Å². The number of ether oxygens (including phenoxy) is 1. The second-order valence-electron chi connectivity index (χ2n) is 4.71. The minimum Gasteiger partial charge on any atom is -0.464 e. The molecule has 0 fully saturated rings. The number of anilines is 1. The van der Waals surface area contributed by atoms with Gasteiger partial charge in [0.15, 0.2) is 6.23 Å². The molecule has 0 bridgehead atoms. The quantitative estimate of drug-likeness (QED) is 0.690. The minimum absolute atomic E-state index is 0.108. The summed E-state index contributed by atoms with van der Waals surface area (Å²) in [5.74, 6) is 0.917. The summed E-state index contributed by atoms with van der Waals surface area (Å²) >= 11 is 0. The van der Waals surface area contributed by atoms with Crippen molar-refractivity contribution in [3.8, 4) is 5.75 Å². The second-order valence-corrected chi connectivity index (χ2v) is 4.71. The number of rotatable bonds is 1. The number of benzene rings is 3. The first-order valence-corrected chi connectivity index (χ1v) is 6.42. The highest BCUT2D eigenvalue weighted by atomic mass is 16.5. The van der Waals surface area contributed by atoms with Crippen LogP contribution < -0.4 is 10.1 Å². The van der Waals surface area contributed by atoms with Crippen LogP contribution in [0.15, 0.2) is 66.7 Å². The Labute approximate surface area is 111 Å². The Morgan fingerprint density at radius 2 is 1.58 bits per heavy atom. The molecule has 3 aromatic carbocycles. The maximum atomic E-state index is 5.99. The van der Waals surface area contributed by atoms with Crippen molar-refractivity contribution in [3.63, 3.8) is 0 Å². The van der Waals surface area contributed by atoms with Crippen LogP contribution in [0.25, 0.3) is 10.8 Å². The fourth-order valence-electron chi connectivity index (χ4n) is 2.61.